The van der Waals surface area contributed by atoms with Crippen LogP contribution in [0.1, 0.15) is 16.2 Å². The number of benzene rings is 1. The number of hydrogen-bond acceptors (Lipinski definition) is 4. The SMILES string of the molecule is Cc1nc(Oc2cc(Cl)ccc2C(=O)O)cc(=O)[nH]1. The van der Waals surface area contributed by atoms with Gasteiger partial charge in [0.1, 0.15) is 17.1 Å². The summed E-state index contributed by atoms with van der Waals surface area (Å²) < 4.78 is 5.32. The van der Waals surface area contributed by atoms with Crippen LogP contribution in [0.4, 0.5) is 0 Å². The zero-order valence-corrected chi connectivity index (χ0v) is 10.6. The van der Waals surface area contributed by atoms with Crippen LogP contribution in [0.2, 0.25) is 5.02 Å². The van der Waals surface area contributed by atoms with Crippen LogP contribution in [0.25, 0.3) is 0 Å². The number of aromatic carboxylic acids is 1. The molecule has 6 nitrogen and oxygen atoms in total. The number of halogens is 1. The maximum Gasteiger partial charge on any atom is 0.339 e. The molecule has 2 N–H and O–H groups in total. The minimum atomic E-state index is -1.16. The van der Waals surface area contributed by atoms with Crippen molar-refractivity contribution in [1.29, 1.82) is 0 Å². The molecule has 0 saturated heterocycles. The predicted octanol–water partition coefficient (Wildman–Crippen LogP) is 2.22. The molecule has 0 atom stereocenters. The van der Waals surface area contributed by atoms with Crippen LogP contribution in [0.3, 0.4) is 0 Å². The van der Waals surface area contributed by atoms with Crippen molar-refractivity contribution >= 4 is 17.6 Å². The Kier molecular flexibility index (Phi) is 3.52. The van der Waals surface area contributed by atoms with Crippen molar-refractivity contribution in [2.75, 3.05) is 0 Å². The molecule has 0 saturated carbocycles. The summed E-state index contributed by atoms with van der Waals surface area (Å²) in [7, 11) is 0. The summed E-state index contributed by atoms with van der Waals surface area (Å²) in [4.78, 5) is 28.7. The first-order valence-corrected chi connectivity index (χ1v) is 5.62. The van der Waals surface area contributed by atoms with Crippen molar-refractivity contribution in [3.05, 3.63) is 51.0 Å². The van der Waals surface area contributed by atoms with Crippen molar-refractivity contribution in [2.45, 2.75) is 6.92 Å². The Bertz CT molecular complexity index is 696. The van der Waals surface area contributed by atoms with Crippen LogP contribution in [0.5, 0.6) is 11.6 Å². The maximum absolute atomic E-state index is 11.3. The summed E-state index contributed by atoms with van der Waals surface area (Å²) >= 11 is 5.79. The molecule has 1 heterocycles. The van der Waals surface area contributed by atoms with Crippen LogP contribution in [0.15, 0.2) is 29.1 Å². The minimum Gasteiger partial charge on any atom is -0.478 e. The van der Waals surface area contributed by atoms with Gasteiger partial charge in [-0.15, -0.1) is 0 Å². The summed E-state index contributed by atoms with van der Waals surface area (Å²) in [6.07, 6.45) is 0. The molecule has 98 valence electrons. The van der Waals surface area contributed by atoms with E-state index in [2.05, 4.69) is 9.97 Å². The number of ether oxygens (including phenoxy) is 1. The highest BCUT2D eigenvalue weighted by Crippen LogP contribution is 2.27. The molecule has 0 spiro atoms. The Labute approximate surface area is 112 Å². The van der Waals surface area contributed by atoms with Crippen LogP contribution in [-0.4, -0.2) is 21.0 Å². The second-order valence-corrected chi connectivity index (χ2v) is 4.15. The Morgan fingerprint density at radius 2 is 2.16 bits per heavy atom. The van der Waals surface area contributed by atoms with Gasteiger partial charge in [0, 0.05) is 11.1 Å². The normalized spacial score (nSPS) is 10.2. The molecule has 0 aliphatic rings. The first-order valence-electron chi connectivity index (χ1n) is 5.24. The number of aromatic amines is 1. The second-order valence-electron chi connectivity index (χ2n) is 3.72. The highest BCUT2D eigenvalue weighted by Gasteiger charge is 2.13. The number of nitrogens with zero attached hydrogens (tertiary/aromatic N) is 1. The van der Waals surface area contributed by atoms with Crippen molar-refractivity contribution in [1.82, 2.24) is 9.97 Å². The summed E-state index contributed by atoms with van der Waals surface area (Å²) in [5.41, 5.74) is -0.453. The van der Waals surface area contributed by atoms with E-state index in [1.54, 1.807) is 6.92 Å². The minimum absolute atomic E-state index is 0.00557. The lowest BCUT2D eigenvalue weighted by Gasteiger charge is -2.08. The number of carboxylic acids is 1. The molecule has 2 rings (SSSR count). The molecule has 0 bridgehead atoms. The summed E-state index contributed by atoms with van der Waals surface area (Å²) in [5, 5.41) is 9.35. The molecule has 7 heteroatoms. The van der Waals surface area contributed by atoms with Crippen molar-refractivity contribution in [3.8, 4) is 11.6 Å². The molecule has 1 aromatic carbocycles. The fraction of sp³-hybridized carbons (Fsp3) is 0.0833. The van der Waals surface area contributed by atoms with E-state index < -0.39 is 5.97 Å². The standard InChI is InChI=1S/C12H9ClN2O4/c1-6-14-10(16)5-11(15-6)19-9-4-7(13)2-3-8(9)12(17)18/h2-5H,1H3,(H,17,18)(H,14,15,16). The lowest BCUT2D eigenvalue weighted by Crippen LogP contribution is -2.09. The third-order valence-electron chi connectivity index (χ3n) is 2.23. The van der Waals surface area contributed by atoms with Gasteiger partial charge in [-0.3, -0.25) is 4.79 Å². The Hall–Kier alpha value is -2.34. The van der Waals surface area contributed by atoms with E-state index in [4.69, 9.17) is 21.4 Å². The van der Waals surface area contributed by atoms with Gasteiger partial charge in [-0.1, -0.05) is 11.6 Å². The molecule has 19 heavy (non-hydrogen) atoms. The molecular weight excluding hydrogens is 272 g/mol. The van der Waals surface area contributed by atoms with Crippen molar-refractivity contribution in [2.24, 2.45) is 0 Å². The van der Waals surface area contributed by atoms with E-state index >= 15 is 0 Å². The number of aromatic nitrogens is 2. The molecule has 0 fully saturated rings. The summed E-state index contributed by atoms with van der Waals surface area (Å²) in [6, 6.07) is 5.23. The van der Waals surface area contributed by atoms with Gasteiger partial charge in [0.2, 0.25) is 5.88 Å². The topological polar surface area (TPSA) is 92.3 Å². The fourth-order valence-corrected chi connectivity index (χ4v) is 1.64. The quantitative estimate of drug-likeness (QED) is 0.899. The number of H-pyrrole nitrogens is 1. The average molecular weight is 281 g/mol. The van der Waals surface area contributed by atoms with Crippen LogP contribution in [-0.2, 0) is 0 Å². The van der Waals surface area contributed by atoms with Gasteiger partial charge in [0.15, 0.2) is 0 Å². The molecule has 0 radical (unpaired) electrons. The summed E-state index contributed by atoms with van der Waals surface area (Å²) in [6.45, 7) is 1.59. The van der Waals surface area contributed by atoms with E-state index in [9.17, 15) is 9.59 Å². The van der Waals surface area contributed by atoms with Gasteiger partial charge in [-0.05, 0) is 19.1 Å². The predicted molar refractivity (Wildman–Crippen MR) is 68.1 cm³/mol. The Morgan fingerprint density at radius 3 is 2.79 bits per heavy atom. The molecule has 0 amide bonds. The van der Waals surface area contributed by atoms with E-state index in [0.717, 1.165) is 6.07 Å². The highest BCUT2D eigenvalue weighted by atomic mass is 35.5. The smallest absolute Gasteiger partial charge is 0.339 e. The van der Waals surface area contributed by atoms with Gasteiger partial charge in [-0.25, -0.2) is 9.78 Å². The zero-order chi connectivity index (χ0) is 14.0. The average Bonchev–Trinajstić information content (AvgIpc) is 2.26. The van der Waals surface area contributed by atoms with Gasteiger partial charge in [0.05, 0.1) is 6.07 Å². The summed E-state index contributed by atoms with van der Waals surface area (Å²) in [5.74, 6) is -0.766. The maximum atomic E-state index is 11.3. The highest BCUT2D eigenvalue weighted by molar-refractivity contribution is 6.30. The lowest BCUT2D eigenvalue weighted by atomic mass is 10.2. The zero-order valence-electron chi connectivity index (χ0n) is 9.81. The second kappa shape index (κ2) is 5.11. The molecule has 0 aliphatic carbocycles. The molecule has 1 aromatic heterocycles. The number of aryl methyl sites for hydroxylation is 1. The fourth-order valence-electron chi connectivity index (χ4n) is 1.47. The molecule has 0 unspecified atom stereocenters. The number of carbonyl (C=O) groups is 1. The van der Waals surface area contributed by atoms with E-state index in [-0.39, 0.29) is 22.8 Å². The number of rotatable bonds is 3. The van der Waals surface area contributed by atoms with Gasteiger partial charge < -0.3 is 14.8 Å². The third-order valence-corrected chi connectivity index (χ3v) is 2.46. The third kappa shape index (κ3) is 3.11. The van der Waals surface area contributed by atoms with Crippen LogP contribution >= 0.6 is 11.6 Å². The number of hydrogen-bond donors (Lipinski definition) is 2. The van der Waals surface area contributed by atoms with E-state index in [1.165, 1.54) is 18.2 Å². The molecule has 0 aliphatic heterocycles. The number of nitrogens with one attached hydrogen (secondary N) is 1. The van der Waals surface area contributed by atoms with Gasteiger partial charge in [-0.2, -0.15) is 0 Å². The van der Waals surface area contributed by atoms with Crippen molar-refractivity contribution < 1.29 is 14.6 Å². The first-order chi connectivity index (χ1) is 8.95. The van der Waals surface area contributed by atoms with Crippen LogP contribution < -0.4 is 10.3 Å². The van der Waals surface area contributed by atoms with E-state index in [1.807, 2.05) is 0 Å². The largest absolute Gasteiger partial charge is 0.478 e. The van der Waals surface area contributed by atoms with Gasteiger partial charge in [0.25, 0.3) is 5.56 Å². The first kappa shape index (κ1) is 13.1. The molecular formula is C12H9ClN2O4. The number of carboxylic acid groups (broad SMARTS) is 1. The van der Waals surface area contributed by atoms with Crippen molar-refractivity contribution in [3.63, 3.8) is 0 Å². The Morgan fingerprint density at radius 1 is 1.42 bits per heavy atom. The van der Waals surface area contributed by atoms with E-state index in [0.29, 0.717) is 10.8 Å². The molecule has 2 aromatic rings. The Balaban J connectivity index is 2.45. The van der Waals surface area contributed by atoms with Gasteiger partial charge >= 0.3 is 5.97 Å². The monoisotopic (exact) mass is 280 g/mol. The lowest BCUT2D eigenvalue weighted by molar-refractivity contribution is 0.0694. The van der Waals surface area contributed by atoms with Crippen LogP contribution in [0, 0.1) is 6.92 Å².